The molecular formula is C22H38ClNO. The Morgan fingerprint density at radius 2 is 1.84 bits per heavy atom. The van der Waals surface area contributed by atoms with Crippen LogP contribution < -0.4 is 4.74 Å². The van der Waals surface area contributed by atoms with Crippen molar-refractivity contribution in [3.8, 4) is 5.75 Å². The Morgan fingerprint density at radius 1 is 1.12 bits per heavy atom. The molecule has 1 aromatic rings. The summed E-state index contributed by atoms with van der Waals surface area (Å²) < 4.78 is 6.04. The van der Waals surface area contributed by atoms with Crippen molar-refractivity contribution in [2.75, 3.05) is 26.2 Å². The van der Waals surface area contributed by atoms with Gasteiger partial charge in [-0.1, -0.05) is 52.7 Å². The van der Waals surface area contributed by atoms with Crippen LogP contribution in [0.5, 0.6) is 5.75 Å². The number of piperidine rings is 1. The van der Waals surface area contributed by atoms with Crippen LogP contribution >= 0.6 is 12.4 Å². The van der Waals surface area contributed by atoms with Crippen molar-refractivity contribution in [2.24, 2.45) is 5.92 Å². The van der Waals surface area contributed by atoms with Gasteiger partial charge >= 0.3 is 0 Å². The number of unbranched alkanes of at least 4 members (excludes halogenated alkanes) is 2. The largest absolute Gasteiger partial charge is 0.494 e. The standard InChI is InChI=1S/C22H37NO.ClH/c1-5-6-7-14-23-15-11-19(12-16-23)13-17-24-21-10-8-9-20(18-21)22(2,3)4;/h8-10,18-19H,5-7,11-17H2,1-4H3;1H. The third-order valence-electron chi connectivity index (χ3n) is 5.28. The minimum absolute atomic E-state index is 0. The molecule has 1 aliphatic rings. The molecule has 0 radical (unpaired) electrons. The maximum atomic E-state index is 6.04. The summed E-state index contributed by atoms with van der Waals surface area (Å²) in [5.74, 6) is 1.87. The fourth-order valence-electron chi connectivity index (χ4n) is 3.48. The van der Waals surface area contributed by atoms with Crippen LogP contribution in [0.3, 0.4) is 0 Å². The van der Waals surface area contributed by atoms with E-state index in [1.165, 1.54) is 63.7 Å². The van der Waals surface area contributed by atoms with Crippen molar-refractivity contribution >= 4 is 12.4 Å². The van der Waals surface area contributed by atoms with Crippen molar-refractivity contribution in [3.63, 3.8) is 0 Å². The van der Waals surface area contributed by atoms with Crippen molar-refractivity contribution in [2.45, 2.75) is 71.6 Å². The zero-order valence-electron chi connectivity index (χ0n) is 16.7. The molecule has 0 unspecified atom stereocenters. The molecule has 1 aromatic carbocycles. The zero-order chi connectivity index (χ0) is 17.4. The van der Waals surface area contributed by atoms with E-state index in [0.29, 0.717) is 0 Å². The Balaban J connectivity index is 0.00000312. The first-order chi connectivity index (χ1) is 11.5. The fraction of sp³-hybridized carbons (Fsp3) is 0.727. The predicted molar refractivity (Wildman–Crippen MR) is 111 cm³/mol. The SMILES string of the molecule is CCCCCN1CCC(CCOc2cccc(C(C)(C)C)c2)CC1.Cl. The minimum Gasteiger partial charge on any atom is -0.494 e. The van der Waals surface area contributed by atoms with Gasteiger partial charge in [0.1, 0.15) is 5.75 Å². The lowest BCUT2D eigenvalue weighted by molar-refractivity contribution is 0.161. The number of halogens is 1. The minimum atomic E-state index is 0. The summed E-state index contributed by atoms with van der Waals surface area (Å²) in [5.41, 5.74) is 1.53. The molecule has 0 bridgehead atoms. The number of rotatable bonds is 8. The molecule has 3 heteroatoms. The summed E-state index contributed by atoms with van der Waals surface area (Å²) in [6.45, 7) is 13.8. The molecule has 0 aliphatic carbocycles. The summed E-state index contributed by atoms with van der Waals surface area (Å²) in [4.78, 5) is 2.65. The van der Waals surface area contributed by atoms with Crippen molar-refractivity contribution < 1.29 is 4.74 Å². The quantitative estimate of drug-likeness (QED) is 0.516. The molecular weight excluding hydrogens is 330 g/mol. The first kappa shape index (κ1) is 22.3. The Hall–Kier alpha value is -0.730. The molecule has 144 valence electrons. The summed E-state index contributed by atoms with van der Waals surface area (Å²) in [7, 11) is 0. The van der Waals surface area contributed by atoms with Crippen LogP contribution in [-0.4, -0.2) is 31.1 Å². The summed E-state index contributed by atoms with van der Waals surface area (Å²) in [5, 5.41) is 0. The molecule has 2 nitrogen and oxygen atoms in total. The molecule has 0 saturated carbocycles. The highest BCUT2D eigenvalue weighted by atomic mass is 35.5. The highest BCUT2D eigenvalue weighted by molar-refractivity contribution is 5.85. The Bertz CT molecular complexity index is 475. The topological polar surface area (TPSA) is 12.5 Å². The van der Waals surface area contributed by atoms with E-state index in [0.717, 1.165) is 18.3 Å². The van der Waals surface area contributed by atoms with Crippen LogP contribution in [0, 0.1) is 5.92 Å². The van der Waals surface area contributed by atoms with E-state index < -0.39 is 0 Å². The van der Waals surface area contributed by atoms with Crippen molar-refractivity contribution in [1.29, 1.82) is 0 Å². The predicted octanol–water partition coefficient (Wildman–Crippen LogP) is 6.08. The second kappa shape index (κ2) is 11.1. The lowest BCUT2D eigenvalue weighted by Gasteiger charge is -2.32. The van der Waals surface area contributed by atoms with Gasteiger partial charge in [-0.15, -0.1) is 12.4 Å². The van der Waals surface area contributed by atoms with Gasteiger partial charge in [0, 0.05) is 0 Å². The lowest BCUT2D eigenvalue weighted by atomic mass is 9.87. The number of likely N-dealkylation sites (tertiary alicyclic amines) is 1. The van der Waals surface area contributed by atoms with Gasteiger partial charge in [-0.2, -0.15) is 0 Å². The monoisotopic (exact) mass is 367 g/mol. The number of ether oxygens (including phenoxy) is 1. The third kappa shape index (κ3) is 8.00. The van der Waals surface area contributed by atoms with Crippen molar-refractivity contribution in [3.05, 3.63) is 29.8 Å². The summed E-state index contributed by atoms with van der Waals surface area (Å²) in [6, 6.07) is 8.60. The van der Waals surface area contributed by atoms with E-state index >= 15 is 0 Å². The van der Waals surface area contributed by atoms with Gasteiger partial charge in [0.05, 0.1) is 6.61 Å². The molecule has 0 spiro atoms. The highest BCUT2D eigenvalue weighted by Gasteiger charge is 2.19. The average Bonchev–Trinajstić information content (AvgIpc) is 2.56. The van der Waals surface area contributed by atoms with Crippen LogP contribution in [-0.2, 0) is 5.41 Å². The Labute approximate surface area is 161 Å². The Kier molecular flexibility index (Phi) is 9.89. The van der Waals surface area contributed by atoms with Gasteiger partial charge in [-0.25, -0.2) is 0 Å². The van der Waals surface area contributed by atoms with E-state index in [9.17, 15) is 0 Å². The van der Waals surface area contributed by atoms with E-state index in [1.807, 2.05) is 0 Å². The number of nitrogens with zero attached hydrogens (tertiary/aromatic N) is 1. The first-order valence-corrected chi connectivity index (χ1v) is 9.94. The molecule has 25 heavy (non-hydrogen) atoms. The molecule has 1 aliphatic heterocycles. The second-order valence-electron chi connectivity index (χ2n) is 8.41. The van der Waals surface area contributed by atoms with Crippen LogP contribution in [0.1, 0.15) is 71.8 Å². The van der Waals surface area contributed by atoms with Crippen LogP contribution in [0.25, 0.3) is 0 Å². The first-order valence-electron chi connectivity index (χ1n) is 9.94. The van der Waals surface area contributed by atoms with Gasteiger partial charge in [0.15, 0.2) is 0 Å². The van der Waals surface area contributed by atoms with E-state index in [2.05, 4.69) is 56.9 Å². The van der Waals surface area contributed by atoms with E-state index in [4.69, 9.17) is 4.74 Å². The molecule has 2 rings (SSSR count). The smallest absolute Gasteiger partial charge is 0.119 e. The molecule has 0 atom stereocenters. The van der Waals surface area contributed by atoms with Gasteiger partial charge in [0.25, 0.3) is 0 Å². The normalized spacial score (nSPS) is 16.5. The molecule has 1 heterocycles. The van der Waals surface area contributed by atoms with Gasteiger partial charge in [-0.05, 0) is 74.3 Å². The van der Waals surface area contributed by atoms with Crippen molar-refractivity contribution in [1.82, 2.24) is 4.90 Å². The summed E-state index contributed by atoms with van der Waals surface area (Å²) >= 11 is 0. The Morgan fingerprint density at radius 3 is 2.48 bits per heavy atom. The number of hydrogen-bond acceptors (Lipinski definition) is 2. The van der Waals surface area contributed by atoms with Crippen LogP contribution in [0.4, 0.5) is 0 Å². The lowest BCUT2D eigenvalue weighted by Crippen LogP contribution is -2.34. The molecule has 0 amide bonds. The van der Waals surface area contributed by atoms with Crippen LogP contribution in [0.15, 0.2) is 24.3 Å². The fourth-order valence-corrected chi connectivity index (χ4v) is 3.48. The van der Waals surface area contributed by atoms with Gasteiger partial charge in [0.2, 0.25) is 0 Å². The molecule has 1 saturated heterocycles. The third-order valence-corrected chi connectivity index (χ3v) is 5.28. The number of benzene rings is 1. The second-order valence-corrected chi connectivity index (χ2v) is 8.41. The highest BCUT2D eigenvalue weighted by Crippen LogP contribution is 2.26. The molecule has 0 aromatic heterocycles. The van der Waals surface area contributed by atoms with Gasteiger partial charge < -0.3 is 9.64 Å². The molecule has 1 fully saturated rings. The zero-order valence-corrected chi connectivity index (χ0v) is 17.5. The maximum Gasteiger partial charge on any atom is 0.119 e. The number of hydrogen-bond donors (Lipinski definition) is 0. The molecule has 0 N–H and O–H groups in total. The average molecular weight is 368 g/mol. The van der Waals surface area contributed by atoms with Gasteiger partial charge in [-0.3, -0.25) is 0 Å². The van der Waals surface area contributed by atoms with E-state index in [1.54, 1.807) is 0 Å². The summed E-state index contributed by atoms with van der Waals surface area (Å²) in [6.07, 6.45) is 7.96. The van der Waals surface area contributed by atoms with E-state index in [-0.39, 0.29) is 17.8 Å². The maximum absolute atomic E-state index is 6.04. The van der Waals surface area contributed by atoms with Crippen LogP contribution in [0.2, 0.25) is 0 Å².